The van der Waals surface area contributed by atoms with Crippen molar-refractivity contribution in [2.45, 2.75) is 18.3 Å². The smallest absolute Gasteiger partial charge is 0.312 e. The molecule has 0 saturated heterocycles. The van der Waals surface area contributed by atoms with E-state index in [4.69, 9.17) is 14.9 Å². The van der Waals surface area contributed by atoms with Gasteiger partial charge in [0.1, 0.15) is 5.75 Å². The highest BCUT2D eigenvalue weighted by Gasteiger charge is 2.50. The molecule has 17 heavy (non-hydrogen) atoms. The van der Waals surface area contributed by atoms with E-state index in [2.05, 4.69) is 10.2 Å². The van der Waals surface area contributed by atoms with E-state index in [1.807, 2.05) is 24.3 Å². The highest BCUT2D eigenvalue weighted by molar-refractivity contribution is 5.41. The Hall–Kier alpha value is -2.04. The minimum Gasteiger partial charge on any atom is -0.497 e. The second kappa shape index (κ2) is 3.48. The first kappa shape index (κ1) is 10.1. The van der Waals surface area contributed by atoms with E-state index in [1.54, 1.807) is 7.11 Å². The van der Waals surface area contributed by atoms with Gasteiger partial charge >= 0.3 is 6.01 Å². The number of benzene rings is 1. The van der Waals surface area contributed by atoms with Crippen LogP contribution >= 0.6 is 0 Å². The zero-order valence-electron chi connectivity index (χ0n) is 9.51. The third kappa shape index (κ3) is 1.54. The molecule has 1 aliphatic rings. The summed E-state index contributed by atoms with van der Waals surface area (Å²) >= 11 is 0. The van der Waals surface area contributed by atoms with Crippen LogP contribution in [0.5, 0.6) is 5.75 Å². The number of nitrogens with zero attached hydrogens (tertiary/aromatic N) is 2. The third-order valence-corrected chi connectivity index (χ3v) is 3.24. The molecule has 0 unspecified atom stereocenters. The number of rotatable bonds is 3. The van der Waals surface area contributed by atoms with Crippen molar-refractivity contribution in [3.63, 3.8) is 0 Å². The Balaban J connectivity index is 1.97. The maximum Gasteiger partial charge on any atom is 0.312 e. The predicted octanol–water partition coefficient (Wildman–Crippen LogP) is 1.74. The van der Waals surface area contributed by atoms with Gasteiger partial charge in [-0.15, -0.1) is 5.10 Å². The average molecular weight is 231 g/mol. The minimum atomic E-state index is -0.128. The molecule has 3 rings (SSSR count). The molecule has 0 radical (unpaired) electrons. The van der Waals surface area contributed by atoms with Gasteiger partial charge in [-0.2, -0.15) is 0 Å². The van der Waals surface area contributed by atoms with Crippen molar-refractivity contribution >= 4 is 6.01 Å². The molecule has 1 aromatic carbocycles. The molecule has 1 aromatic heterocycles. The van der Waals surface area contributed by atoms with E-state index in [-0.39, 0.29) is 11.4 Å². The molecule has 1 aliphatic carbocycles. The Morgan fingerprint density at radius 3 is 2.41 bits per heavy atom. The monoisotopic (exact) mass is 231 g/mol. The largest absolute Gasteiger partial charge is 0.497 e. The summed E-state index contributed by atoms with van der Waals surface area (Å²) < 4.78 is 10.5. The van der Waals surface area contributed by atoms with E-state index in [0.29, 0.717) is 5.89 Å². The van der Waals surface area contributed by atoms with Crippen LogP contribution in [0.2, 0.25) is 0 Å². The van der Waals surface area contributed by atoms with Crippen LogP contribution in [0.25, 0.3) is 0 Å². The maximum atomic E-state index is 5.47. The van der Waals surface area contributed by atoms with Gasteiger partial charge in [-0.25, -0.2) is 0 Å². The number of anilines is 1. The highest BCUT2D eigenvalue weighted by Crippen LogP contribution is 2.53. The van der Waals surface area contributed by atoms with Crippen molar-refractivity contribution in [2.75, 3.05) is 12.8 Å². The van der Waals surface area contributed by atoms with Gasteiger partial charge in [0.05, 0.1) is 12.5 Å². The number of hydrogen-bond acceptors (Lipinski definition) is 5. The lowest BCUT2D eigenvalue weighted by Gasteiger charge is -2.11. The summed E-state index contributed by atoms with van der Waals surface area (Å²) in [6.07, 6.45) is 2.03. The van der Waals surface area contributed by atoms with Crippen molar-refractivity contribution in [1.82, 2.24) is 10.2 Å². The summed E-state index contributed by atoms with van der Waals surface area (Å²) in [5, 5.41) is 7.71. The third-order valence-electron chi connectivity index (χ3n) is 3.24. The number of methoxy groups -OCH3 is 1. The van der Waals surface area contributed by atoms with Gasteiger partial charge in [-0.05, 0) is 30.5 Å². The maximum absolute atomic E-state index is 5.47. The Labute approximate surface area is 98.6 Å². The lowest BCUT2D eigenvalue weighted by atomic mass is 9.96. The van der Waals surface area contributed by atoms with E-state index < -0.39 is 0 Å². The zero-order chi connectivity index (χ0) is 11.9. The SMILES string of the molecule is COc1ccc(C2(c3nnc(N)o3)CC2)cc1. The number of nitrogen functional groups attached to an aromatic ring is 1. The van der Waals surface area contributed by atoms with Gasteiger partial charge in [-0.3, -0.25) is 0 Å². The Kier molecular flexibility index (Phi) is 2.07. The Morgan fingerprint density at radius 2 is 1.94 bits per heavy atom. The molecule has 2 aromatic rings. The standard InChI is InChI=1S/C12H13N3O2/c1-16-9-4-2-8(3-5-9)12(6-7-12)10-14-15-11(13)17-10/h2-5H,6-7H2,1H3,(H2,13,15). The molecule has 1 heterocycles. The van der Waals surface area contributed by atoms with Crippen LogP contribution in [0.1, 0.15) is 24.3 Å². The van der Waals surface area contributed by atoms with Crippen LogP contribution in [-0.2, 0) is 5.41 Å². The summed E-state index contributed by atoms with van der Waals surface area (Å²) in [6, 6.07) is 8.07. The molecule has 2 N–H and O–H groups in total. The Morgan fingerprint density at radius 1 is 1.24 bits per heavy atom. The van der Waals surface area contributed by atoms with E-state index >= 15 is 0 Å². The molecule has 0 amide bonds. The summed E-state index contributed by atoms with van der Waals surface area (Å²) in [7, 11) is 1.65. The fourth-order valence-electron chi connectivity index (χ4n) is 2.09. The summed E-state index contributed by atoms with van der Waals surface area (Å²) in [5.74, 6) is 1.45. The summed E-state index contributed by atoms with van der Waals surface area (Å²) in [5.41, 5.74) is 6.51. The van der Waals surface area contributed by atoms with Gasteiger partial charge in [0.25, 0.3) is 0 Å². The van der Waals surface area contributed by atoms with Gasteiger partial charge in [0.15, 0.2) is 0 Å². The van der Waals surface area contributed by atoms with Crippen LogP contribution in [-0.4, -0.2) is 17.3 Å². The fourth-order valence-corrected chi connectivity index (χ4v) is 2.09. The van der Waals surface area contributed by atoms with E-state index in [0.717, 1.165) is 18.6 Å². The molecule has 0 atom stereocenters. The molecule has 1 fully saturated rings. The first-order chi connectivity index (χ1) is 8.24. The van der Waals surface area contributed by atoms with Crippen molar-refractivity contribution in [1.29, 1.82) is 0 Å². The first-order valence-corrected chi connectivity index (χ1v) is 5.48. The fraction of sp³-hybridized carbons (Fsp3) is 0.333. The quantitative estimate of drug-likeness (QED) is 0.870. The second-order valence-corrected chi connectivity index (χ2v) is 4.26. The van der Waals surface area contributed by atoms with Crippen LogP contribution in [0.15, 0.2) is 28.7 Å². The van der Waals surface area contributed by atoms with E-state index in [1.165, 1.54) is 5.56 Å². The topological polar surface area (TPSA) is 74.2 Å². The summed E-state index contributed by atoms with van der Waals surface area (Å²) in [6.45, 7) is 0. The van der Waals surface area contributed by atoms with Crippen molar-refractivity contribution in [3.8, 4) is 5.75 Å². The number of nitrogens with two attached hydrogens (primary N) is 1. The van der Waals surface area contributed by atoms with Gasteiger partial charge in [0.2, 0.25) is 5.89 Å². The van der Waals surface area contributed by atoms with Crippen LogP contribution in [0.3, 0.4) is 0 Å². The molecular weight excluding hydrogens is 218 g/mol. The van der Waals surface area contributed by atoms with Crippen LogP contribution < -0.4 is 10.5 Å². The predicted molar refractivity (Wildman–Crippen MR) is 61.7 cm³/mol. The number of aromatic nitrogens is 2. The van der Waals surface area contributed by atoms with Gasteiger partial charge in [-0.1, -0.05) is 17.2 Å². The van der Waals surface area contributed by atoms with Gasteiger partial charge < -0.3 is 14.9 Å². The van der Waals surface area contributed by atoms with Crippen molar-refractivity contribution < 1.29 is 9.15 Å². The van der Waals surface area contributed by atoms with Crippen molar-refractivity contribution in [2.24, 2.45) is 0 Å². The molecular formula is C12H13N3O2. The molecule has 88 valence electrons. The highest BCUT2D eigenvalue weighted by atomic mass is 16.5. The molecule has 5 heteroatoms. The lowest BCUT2D eigenvalue weighted by Crippen LogP contribution is -2.09. The number of ether oxygens (including phenoxy) is 1. The Bertz CT molecular complexity index is 529. The minimum absolute atomic E-state index is 0.125. The molecule has 0 bridgehead atoms. The normalized spacial score (nSPS) is 16.8. The van der Waals surface area contributed by atoms with Crippen LogP contribution in [0, 0.1) is 0 Å². The molecule has 1 saturated carbocycles. The average Bonchev–Trinajstić information content (AvgIpc) is 3.06. The number of hydrogen-bond donors (Lipinski definition) is 1. The lowest BCUT2D eigenvalue weighted by molar-refractivity contribution is 0.414. The zero-order valence-corrected chi connectivity index (χ0v) is 9.51. The van der Waals surface area contributed by atoms with Crippen LogP contribution in [0.4, 0.5) is 6.01 Å². The molecule has 0 spiro atoms. The summed E-state index contributed by atoms with van der Waals surface area (Å²) in [4.78, 5) is 0. The molecule has 0 aliphatic heterocycles. The van der Waals surface area contributed by atoms with E-state index in [9.17, 15) is 0 Å². The second-order valence-electron chi connectivity index (χ2n) is 4.26. The van der Waals surface area contributed by atoms with Gasteiger partial charge in [0, 0.05) is 0 Å². The van der Waals surface area contributed by atoms with Crippen molar-refractivity contribution in [3.05, 3.63) is 35.7 Å². The molecule has 5 nitrogen and oxygen atoms in total. The first-order valence-electron chi connectivity index (χ1n) is 5.48.